The fraction of sp³-hybridized carbons (Fsp3) is 0.556. The first-order valence-electron chi connectivity index (χ1n) is 9.16. The van der Waals surface area contributed by atoms with Crippen LogP contribution in [0.5, 0.6) is 0 Å². The van der Waals surface area contributed by atoms with E-state index in [1.165, 1.54) is 28.6 Å². The summed E-state index contributed by atoms with van der Waals surface area (Å²) in [7, 11) is -1.92. The average molecular weight is 397 g/mol. The summed E-state index contributed by atoms with van der Waals surface area (Å²) >= 11 is 0. The van der Waals surface area contributed by atoms with Crippen LogP contribution in [0.15, 0.2) is 29.2 Å². The van der Waals surface area contributed by atoms with E-state index in [1.807, 2.05) is 0 Å². The first-order valence-corrected chi connectivity index (χ1v) is 10.6. The van der Waals surface area contributed by atoms with Crippen LogP contribution in [0, 0.1) is 0 Å². The minimum atomic E-state index is -3.64. The van der Waals surface area contributed by atoms with Crippen molar-refractivity contribution in [3.8, 4) is 0 Å². The molecular weight excluding hydrogens is 368 g/mol. The number of rotatable bonds is 8. The number of amides is 2. The number of carbonyl (C=O) groups is 2. The second-order valence-electron chi connectivity index (χ2n) is 6.45. The fourth-order valence-electron chi connectivity index (χ4n) is 3.07. The first-order chi connectivity index (χ1) is 12.8. The van der Waals surface area contributed by atoms with E-state index in [1.54, 1.807) is 25.8 Å². The van der Waals surface area contributed by atoms with Crippen LogP contribution in [0.1, 0.15) is 30.6 Å². The molecule has 1 unspecified atom stereocenters. The molecule has 9 heteroatoms. The van der Waals surface area contributed by atoms with Crippen molar-refractivity contribution < 1.29 is 18.0 Å². The smallest absolute Gasteiger partial charge is 0.251 e. The highest BCUT2D eigenvalue weighted by Gasteiger charge is 2.24. The number of likely N-dealkylation sites (N-methyl/N-ethyl adjacent to an activating group) is 1. The number of hydrogen-bond acceptors (Lipinski definition) is 5. The largest absolute Gasteiger partial charge is 0.343 e. The second kappa shape index (κ2) is 9.29. The predicted octanol–water partition coefficient (Wildman–Crippen LogP) is 0.267. The molecule has 1 heterocycles. The van der Waals surface area contributed by atoms with Crippen molar-refractivity contribution >= 4 is 21.8 Å². The Morgan fingerprint density at radius 3 is 2.56 bits per heavy atom. The summed E-state index contributed by atoms with van der Waals surface area (Å²) in [6, 6.07) is 6.01. The summed E-state index contributed by atoms with van der Waals surface area (Å²) < 4.78 is 26.5. The molecule has 1 aliphatic heterocycles. The van der Waals surface area contributed by atoms with E-state index in [0.29, 0.717) is 13.1 Å². The molecule has 1 saturated heterocycles. The van der Waals surface area contributed by atoms with Crippen molar-refractivity contribution in [1.82, 2.24) is 19.8 Å². The van der Waals surface area contributed by atoms with Gasteiger partial charge in [0, 0.05) is 38.3 Å². The third-order valence-corrected chi connectivity index (χ3v) is 6.86. The summed E-state index contributed by atoms with van der Waals surface area (Å²) in [6.45, 7) is 5.74. The van der Waals surface area contributed by atoms with Gasteiger partial charge in [0.05, 0.1) is 11.4 Å². The van der Waals surface area contributed by atoms with Gasteiger partial charge in [0.25, 0.3) is 5.91 Å². The summed E-state index contributed by atoms with van der Waals surface area (Å²) in [5, 5.41) is 5.78. The molecule has 1 aromatic rings. The summed E-state index contributed by atoms with van der Waals surface area (Å²) in [6.07, 6.45) is 0.890. The molecule has 2 N–H and O–H groups in total. The fourth-order valence-corrected chi connectivity index (χ4v) is 4.57. The maximum atomic E-state index is 12.6. The number of sulfonamides is 1. The SMILES string of the molecule is CCN(CC)S(=O)(=O)c1cccc(C(=O)NCC(=O)N(C)C2CCNC2)c1. The van der Waals surface area contributed by atoms with Crippen molar-refractivity contribution in [1.29, 1.82) is 0 Å². The molecule has 150 valence electrons. The highest BCUT2D eigenvalue weighted by molar-refractivity contribution is 7.89. The van der Waals surface area contributed by atoms with Crippen molar-refractivity contribution in [2.45, 2.75) is 31.2 Å². The molecule has 0 spiro atoms. The highest BCUT2D eigenvalue weighted by Crippen LogP contribution is 2.17. The summed E-state index contributed by atoms with van der Waals surface area (Å²) in [5.41, 5.74) is 0.209. The second-order valence-corrected chi connectivity index (χ2v) is 8.39. The van der Waals surface area contributed by atoms with Crippen LogP contribution in [0.25, 0.3) is 0 Å². The van der Waals surface area contributed by atoms with E-state index >= 15 is 0 Å². The third kappa shape index (κ3) is 5.06. The molecule has 1 atom stereocenters. The molecule has 0 aliphatic carbocycles. The molecule has 27 heavy (non-hydrogen) atoms. The zero-order chi connectivity index (χ0) is 20.0. The maximum Gasteiger partial charge on any atom is 0.251 e. The third-order valence-electron chi connectivity index (χ3n) is 4.82. The lowest BCUT2D eigenvalue weighted by Crippen LogP contribution is -2.44. The van der Waals surface area contributed by atoms with Crippen LogP contribution in [-0.2, 0) is 14.8 Å². The number of nitrogens with one attached hydrogen (secondary N) is 2. The normalized spacial score (nSPS) is 17.1. The van der Waals surface area contributed by atoms with Gasteiger partial charge in [-0.2, -0.15) is 4.31 Å². The Morgan fingerprint density at radius 1 is 1.26 bits per heavy atom. The van der Waals surface area contributed by atoms with Gasteiger partial charge in [0.2, 0.25) is 15.9 Å². The van der Waals surface area contributed by atoms with Gasteiger partial charge < -0.3 is 15.5 Å². The van der Waals surface area contributed by atoms with E-state index in [9.17, 15) is 18.0 Å². The van der Waals surface area contributed by atoms with Crippen LogP contribution in [0.2, 0.25) is 0 Å². The Kier molecular flexibility index (Phi) is 7.34. The van der Waals surface area contributed by atoms with Crippen molar-refractivity contribution in [2.75, 3.05) is 39.8 Å². The van der Waals surface area contributed by atoms with E-state index < -0.39 is 15.9 Å². The lowest BCUT2D eigenvalue weighted by molar-refractivity contribution is -0.130. The predicted molar refractivity (Wildman–Crippen MR) is 103 cm³/mol. The minimum absolute atomic E-state index is 0.0688. The van der Waals surface area contributed by atoms with Gasteiger partial charge in [-0.25, -0.2) is 8.42 Å². The van der Waals surface area contributed by atoms with Crippen LogP contribution < -0.4 is 10.6 Å². The molecule has 0 aromatic heterocycles. The van der Waals surface area contributed by atoms with Crippen LogP contribution in [0.4, 0.5) is 0 Å². The zero-order valence-corrected chi connectivity index (χ0v) is 16.9. The molecule has 1 aromatic carbocycles. The van der Waals surface area contributed by atoms with Crippen molar-refractivity contribution in [3.63, 3.8) is 0 Å². The van der Waals surface area contributed by atoms with E-state index in [4.69, 9.17) is 0 Å². The molecule has 0 bridgehead atoms. The maximum absolute atomic E-state index is 12.6. The molecule has 2 amide bonds. The Bertz CT molecular complexity index is 771. The highest BCUT2D eigenvalue weighted by atomic mass is 32.2. The van der Waals surface area contributed by atoms with Gasteiger partial charge in [-0.05, 0) is 31.2 Å². The molecule has 1 aliphatic rings. The zero-order valence-electron chi connectivity index (χ0n) is 16.1. The number of hydrogen-bond donors (Lipinski definition) is 2. The van der Waals surface area contributed by atoms with Crippen LogP contribution >= 0.6 is 0 Å². The molecular formula is C18H28N4O4S. The molecule has 0 radical (unpaired) electrons. The number of carbonyl (C=O) groups excluding carboxylic acids is 2. The lowest BCUT2D eigenvalue weighted by atomic mass is 10.2. The molecule has 2 rings (SSSR count). The lowest BCUT2D eigenvalue weighted by Gasteiger charge is -2.23. The van der Waals surface area contributed by atoms with E-state index in [-0.39, 0.29) is 29.0 Å². The van der Waals surface area contributed by atoms with E-state index in [2.05, 4.69) is 10.6 Å². The molecule has 0 saturated carbocycles. The van der Waals surface area contributed by atoms with Gasteiger partial charge in [-0.3, -0.25) is 9.59 Å². The molecule has 8 nitrogen and oxygen atoms in total. The standard InChI is InChI=1S/C18H28N4O4S/c1-4-22(5-2)27(25,26)16-8-6-7-14(11-16)18(24)20-13-17(23)21(3)15-9-10-19-12-15/h6-8,11,15,19H,4-5,9-10,12-13H2,1-3H3,(H,20,24). The quantitative estimate of drug-likeness (QED) is 0.657. The Labute approximate surface area is 161 Å². The van der Waals surface area contributed by atoms with Gasteiger partial charge in [-0.15, -0.1) is 0 Å². The average Bonchev–Trinajstić information content (AvgIpc) is 3.20. The van der Waals surface area contributed by atoms with Gasteiger partial charge in [0.15, 0.2) is 0 Å². The topological polar surface area (TPSA) is 98.8 Å². The van der Waals surface area contributed by atoms with Crippen LogP contribution in [0.3, 0.4) is 0 Å². The van der Waals surface area contributed by atoms with Gasteiger partial charge in [0.1, 0.15) is 0 Å². The van der Waals surface area contributed by atoms with Crippen molar-refractivity contribution in [2.24, 2.45) is 0 Å². The Hall–Kier alpha value is -1.97. The summed E-state index contributed by atoms with van der Waals surface area (Å²) in [5.74, 6) is -0.651. The molecule has 1 fully saturated rings. The van der Waals surface area contributed by atoms with Gasteiger partial charge in [-0.1, -0.05) is 19.9 Å². The first kappa shape index (κ1) is 21.3. The monoisotopic (exact) mass is 396 g/mol. The van der Waals surface area contributed by atoms with Crippen LogP contribution in [-0.4, -0.2) is 75.3 Å². The van der Waals surface area contributed by atoms with Gasteiger partial charge >= 0.3 is 0 Å². The minimum Gasteiger partial charge on any atom is -0.343 e. The number of benzene rings is 1. The number of nitrogens with zero attached hydrogens (tertiary/aromatic N) is 2. The Balaban J connectivity index is 2.03. The van der Waals surface area contributed by atoms with Crippen molar-refractivity contribution in [3.05, 3.63) is 29.8 Å². The van der Waals surface area contributed by atoms with E-state index in [0.717, 1.165) is 19.5 Å². The summed E-state index contributed by atoms with van der Waals surface area (Å²) in [4.78, 5) is 26.3. The Morgan fingerprint density at radius 2 is 1.96 bits per heavy atom.